The third kappa shape index (κ3) is 8.91. The average molecular weight is 791 g/mol. The summed E-state index contributed by atoms with van der Waals surface area (Å²) in [4.78, 5) is 47.0. The molecule has 2 heterocycles. The van der Waals surface area contributed by atoms with E-state index in [4.69, 9.17) is 19.7 Å². The number of hydrogen-bond acceptors (Lipinski definition) is 10. The van der Waals surface area contributed by atoms with Crippen molar-refractivity contribution in [2.24, 2.45) is 0 Å². The SMILES string of the molecule is C=CCOc1cc(OCC=C)c(C(C)C)cc1-c1n[nH]c(=O)n1-c1ccc(C(=O)O)cc1.CC(C)c1cc(-c2n[nH]c(=O)n2-c2ccc(C(=O)O)cc2)c(O)cc1O. The third-order valence-electron chi connectivity index (χ3n) is 8.79. The summed E-state index contributed by atoms with van der Waals surface area (Å²) in [6, 6.07) is 18.1. The van der Waals surface area contributed by atoms with E-state index in [0.717, 1.165) is 5.56 Å². The molecule has 58 heavy (non-hydrogen) atoms. The Hall–Kier alpha value is -7.62. The smallest absolute Gasteiger partial charge is 0.348 e. The first kappa shape index (κ1) is 41.5. The zero-order valence-corrected chi connectivity index (χ0v) is 32.1. The van der Waals surface area contributed by atoms with Crippen molar-refractivity contribution in [3.05, 3.63) is 141 Å². The van der Waals surface area contributed by atoms with Crippen molar-refractivity contribution in [1.82, 2.24) is 29.5 Å². The van der Waals surface area contributed by atoms with Crippen LogP contribution in [0.25, 0.3) is 34.2 Å². The molecule has 2 aromatic heterocycles. The number of H-pyrrole nitrogens is 2. The largest absolute Gasteiger partial charge is 0.508 e. The zero-order chi connectivity index (χ0) is 42.3. The molecule has 300 valence electrons. The molecule has 6 aromatic rings. The Kier molecular flexibility index (Phi) is 12.8. The molecule has 0 radical (unpaired) electrons. The van der Waals surface area contributed by atoms with E-state index in [2.05, 4.69) is 33.6 Å². The Morgan fingerprint density at radius 1 is 0.655 bits per heavy atom. The number of carbonyl (C=O) groups is 2. The molecule has 0 unspecified atom stereocenters. The van der Waals surface area contributed by atoms with Crippen molar-refractivity contribution in [2.45, 2.75) is 39.5 Å². The summed E-state index contributed by atoms with van der Waals surface area (Å²) in [7, 11) is 0. The molecule has 0 saturated carbocycles. The number of aromatic hydroxyl groups is 2. The van der Waals surface area contributed by atoms with Gasteiger partial charge in [-0.1, -0.05) is 53.0 Å². The number of rotatable bonds is 14. The van der Waals surface area contributed by atoms with Crippen LogP contribution in [0, 0.1) is 0 Å². The topological polar surface area (TPSA) is 235 Å². The van der Waals surface area contributed by atoms with Gasteiger partial charge in [-0.3, -0.25) is 0 Å². The number of benzene rings is 4. The third-order valence-corrected chi connectivity index (χ3v) is 8.79. The van der Waals surface area contributed by atoms with Crippen LogP contribution in [-0.2, 0) is 0 Å². The maximum absolute atomic E-state index is 12.6. The van der Waals surface area contributed by atoms with Crippen LogP contribution in [0.3, 0.4) is 0 Å². The van der Waals surface area contributed by atoms with E-state index in [1.165, 1.54) is 51.6 Å². The summed E-state index contributed by atoms with van der Waals surface area (Å²) in [5, 5.41) is 51.4. The minimum absolute atomic E-state index is 0.0108. The molecule has 0 aliphatic rings. The van der Waals surface area contributed by atoms with Crippen LogP contribution in [0.4, 0.5) is 0 Å². The van der Waals surface area contributed by atoms with Crippen LogP contribution in [0.5, 0.6) is 23.0 Å². The Bertz CT molecular complexity index is 2580. The number of carboxylic acids is 2. The molecular weight excluding hydrogens is 748 g/mol. The van der Waals surface area contributed by atoms with Crippen LogP contribution in [0.15, 0.2) is 108 Å². The lowest BCUT2D eigenvalue weighted by atomic mass is 9.98. The lowest BCUT2D eigenvalue weighted by Crippen LogP contribution is -2.16. The van der Waals surface area contributed by atoms with Crippen molar-refractivity contribution in [3.63, 3.8) is 0 Å². The molecule has 6 N–H and O–H groups in total. The number of phenolic OH excluding ortho intramolecular Hbond substituents is 2. The molecular formula is C42H42N6O10. The first-order valence-corrected chi connectivity index (χ1v) is 17.9. The van der Waals surface area contributed by atoms with Gasteiger partial charge in [-0.15, -0.1) is 0 Å². The van der Waals surface area contributed by atoms with Gasteiger partial charge in [0.2, 0.25) is 0 Å². The van der Waals surface area contributed by atoms with E-state index in [1.807, 2.05) is 33.8 Å². The molecule has 4 aromatic carbocycles. The highest BCUT2D eigenvalue weighted by Crippen LogP contribution is 2.40. The van der Waals surface area contributed by atoms with Crippen LogP contribution >= 0.6 is 0 Å². The second-order valence-corrected chi connectivity index (χ2v) is 13.4. The number of hydrogen-bond donors (Lipinski definition) is 6. The van der Waals surface area contributed by atoms with Crippen LogP contribution in [0.2, 0.25) is 0 Å². The fourth-order valence-corrected chi connectivity index (χ4v) is 5.92. The first-order chi connectivity index (χ1) is 27.7. The number of nitrogens with one attached hydrogen (secondary N) is 2. The molecule has 6 rings (SSSR count). The number of nitrogens with zero attached hydrogens (tertiary/aromatic N) is 4. The van der Waals surface area contributed by atoms with Gasteiger partial charge < -0.3 is 29.9 Å². The van der Waals surface area contributed by atoms with E-state index in [0.29, 0.717) is 46.4 Å². The average Bonchev–Trinajstić information content (AvgIpc) is 3.77. The molecule has 0 atom stereocenters. The fourth-order valence-electron chi connectivity index (χ4n) is 5.92. The molecule has 0 aliphatic heterocycles. The Morgan fingerprint density at radius 3 is 1.52 bits per heavy atom. The van der Waals surface area contributed by atoms with Crippen molar-refractivity contribution in [3.8, 4) is 57.1 Å². The predicted molar refractivity (Wildman–Crippen MR) is 216 cm³/mol. The van der Waals surface area contributed by atoms with Crippen molar-refractivity contribution in [1.29, 1.82) is 0 Å². The maximum atomic E-state index is 12.6. The molecule has 0 spiro atoms. The monoisotopic (exact) mass is 790 g/mol. The van der Waals surface area contributed by atoms with Crippen LogP contribution < -0.4 is 20.9 Å². The zero-order valence-electron chi connectivity index (χ0n) is 32.1. The standard InChI is InChI=1S/C24H25N3O5.C18H17N3O5/c1-5-11-31-20-14-21(32-12-6-2)19(13-18(20)15(3)4)22-25-26-24(30)27(22)17-9-7-16(8-10-17)23(28)29;1-9(2)12-7-13(15(23)8-14(12)22)16-19-20-18(26)21(16)11-5-3-10(4-6-11)17(24)25/h5-10,13-15H,1-2,11-12H2,3-4H3,(H,26,30)(H,28,29);3-9,22-23H,1-2H3,(H,20,26)(H,24,25). The summed E-state index contributed by atoms with van der Waals surface area (Å²) < 4.78 is 14.3. The number of carboxylic acid groups (broad SMARTS) is 2. The van der Waals surface area contributed by atoms with Gasteiger partial charge in [0.15, 0.2) is 11.6 Å². The van der Waals surface area contributed by atoms with E-state index < -0.39 is 23.3 Å². The highest BCUT2D eigenvalue weighted by Gasteiger charge is 2.23. The molecule has 16 nitrogen and oxygen atoms in total. The molecule has 0 fully saturated rings. The van der Waals surface area contributed by atoms with Crippen molar-refractivity contribution in [2.75, 3.05) is 13.2 Å². The molecule has 0 bridgehead atoms. The van der Waals surface area contributed by atoms with Gasteiger partial charge in [0.25, 0.3) is 0 Å². The molecule has 0 aliphatic carbocycles. The second-order valence-electron chi connectivity index (χ2n) is 13.4. The number of aromatic nitrogens is 6. The van der Waals surface area contributed by atoms with Gasteiger partial charge >= 0.3 is 23.3 Å². The number of aromatic amines is 2. The summed E-state index contributed by atoms with van der Waals surface area (Å²) in [5.74, 6) is -0.687. The van der Waals surface area contributed by atoms with E-state index in [9.17, 15) is 29.4 Å². The van der Waals surface area contributed by atoms with Crippen molar-refractivity contribution >= 4 is 11.9 Å². The second kappa shape index (κ2) is 17.9. The van der Waals surface area contributed by atoms with E-state index in [1.54, 1.807) is 36.4 Å². The maximum Gasteiger partial charge on any atom is 0.348 e. The van der Waals surface area contributed by atoms with Crippen LogP contribution in [-0.4, -0.2) is 75.1 Å². The minimum atomic E-state index is -1.07. The summed E-state index contributed by atoms with van der Waals surface area (Å²) in [6.45, 7) is 15.8. The normalized spacial score (nSPS) is 10.9. The van der Waals surface area contributed by atoms with E-state index >= 15 is 0 Å². The van der Waals surface area contributed by atoms with Gasteiger partial charge in [-0.2, -0.15) is 10.2 Å². The molecule has 0 saturated heterocycles. The van der Waals surface area contributed by atoms with E-state index in [-0.39, 0.29) is 52.5 Å². The number of aromatic carboxylic acids is 2. The number of phenols is 2. The minimum Gasteiger partial charge on any atom is -0.508 e. The number of ether oxygens (including phenoxy) is 2. The quantitative estimate of drug-likeness (QED) is 0.0638. The van der Waals surface area contributed by atoms with Gasteiger partial charge in [0.05, 0.1) is 33.6 Å². The summed E-state index contributed by atoms with van der Waals surface area (Å²) >= 11 is 0. The van der Waals surface area contributed by atoms with Gasteiger partial charge in [0.1, 0.15) is 36.2 Å². The molecule has 0 amide bonds. The Morgan fingerprint density at radius 2 is 1.09 bits per heavy atom. The summed E-state index contributed by atoms with van der Waals surface area (Å²) in [5.41, 5.74) is 2.43. The first-order valence-electron chi connectivity index (χ1n) is 17.9. The van der Waals surface area contributed by atoms with Gasteiger partial charge in [0, 0.05) is 12.1 Å². The Balaban J connectivity index is 0.000000226. The fraction of sp³-hybridized carbons (Fsp3) is 0.190. The van der Waals surface area contributed by atoms with Gasteiger partial charge in [-0.05, 0) is 83.6 Å². The van der Waals surface area contributed by atoms with Crippen molar-refractivity contribution < 1.29 is 39.5 Å². The molecule has 16 heteroatoms. The predicted octanol–water partition coefficient (Wildman–Crippen LogP) is 6.64. The van der Waals surface area contributed by atoms with Crippen LogP contribution in [0.1, 0.15) is 71.4 Å². The summed E-state index contributed by atoms with van der Waals surface area (Å²) in [6.07, 6.45) is 3.28. The lowest BCUT2D eigenvalue weighted by Gasteiger charge is -2.18. The highest BCUT2D eigenvalue weighted by atomic mass is 16.5. The van der Waals surface area contributed by atoms with Gasteiger partial charge in [-0.25, -0.2) is 38.5 Å². The highest BCUT2D eigenvalue weighted by molar-refractivity contribution is 5.88. The Labute approximate surface area is 331 Å². The lowest BCUT2D eigenvalue weighted by molar-refractivity contribution is 0.0686.